The number of nitriles is 1. The van der Waals surface area contributed by atoms with E-state index in [0.717, 1.165) is 27.8 Å². The van der Waals surface area contributed by atoms with Crippen molar-refractivity contribution < 1.29 is 0 Å². The Morgan fingerprint density at radius 3 is 3.00 bits per heavy atom. The summed E-state index contributed by atoms with van der Waals surface area (Å²) in [6.45, 7) is 1.37. The molecule has 0 aromatic carbocycles. The van der Waals surface area contributed by atoms with Crippen LogP contribution in [0.5, 0.6) is 0 Å². The van der Waals surface area contributed by atoms with Crippen LogP contribution in [0.4, 0.5) is 0 Å². The molecular weight excluding hydrogens is 258 g/mol. The first-order chi connectivity index (χ1) is 9.36. The summed E-state index contributed by atoms with van der Waals surface area (Å²) in [5.74, 6) is 0.882. The van der Waals surface area contributed by atoms with E-state index >= 15 is 0 Å². The van der Waals surface area contributed by atoms with Gasteiger partial charge in [0.25, 0.3) is 0 Å². The van der Waals surface area contributed by atoms with E-state index in [9.17, 15) is 0 Å². The van der Waals surface area contributed by atoms with Crippen LogP contribution in [0.3, 0.4) is 0 Å². The maximum Gasteiger partial charge on any atom is 0.160 e. The zero-order valence-electron chi connectivity index (χ0n) is 10.1. The standard InChI is InChI=1S/C13H11N5S/c14-7-10-4-5-11(19-10)8-15-9-13-17-16-12-3-1-2-6-18(12)13/h1-6,15H,8-9H2. The summed E-state index contributed by atoms with van der Waals surface area (Å²) >= 11 is 1.51. The van der Waals surface area contributed by atoms with Crippen molar-refractivity contribution in [2.75, 3.05) is 0 Å². The van der Waals surface area contributed by atoms with E-state index in [1.54, 1.807) is 0 Å². The molecule has 0 radical (unpaired) electrons. The van der Waals surface area contributed by atoms with Crippen molar-refractivity contribution in [3.8, 4) is 6.07 Å². The Morgan fingerprint density at radius 1 is 1.21 bits per heavy atom. The van der Waals surface area contributed by atoms with Crippen LogP contribution in [-0.4, -0.2) is 14.6 Å². The zero-order valence-corrected chi connectivity index (χ0v) is 10.9. The summed E-state index contributed by atoms with van der Waals surface area (Å²) in [7, 11) is 0. The lowest BCUT2D eigenvalue weighted by atomic mass is 10.4. The van der Waals surface area contributed by atoms with Crippen LogP contribution in [0.25, 0.3) is 5.65 Å². The highest BCUT2D eigenvalue weighted by Gasteiger charge is 2.04. The van der Waals surface area contributed by atoms with Gasteiger partial charge in [-0.25, -0.2) is 0 Å². The molecule has 5 nitrogen and oxygen atoms in total. The van der Waals surface area contributed by atoms with E-state index in [1.165, 1.54) is 11.3 Å². The van der Waals surface area contributed by atoms with E-state index in [0.29, 0.717) is 6.54 Å². The predicted octanol–water partition coefficient (Wildman–Crippen LogP) is 1.95. The first-order valence-electron chi connectivity index (χ1n) is 5.85. The Hall–Kier alpha value is -2.23. The van der Waals surface area contributed by atoms with Crippen LogP contribution >= 0.6 is 11.3 Å². The Kier molecular flexibility index (Phi) is 3.23. The molecule has 0 bridgehead atoms. The molecule has 0 unspecified atom stereocenters. The van der Waals surface area contributed by atoms with Gasteiger partial charge >= 0.3 is 0 Å². The normalized spacial score (nSPS) is 10.7. The van der Waals surface area contributed by atoms with E-state index in [4.69, 9.17) is 5.26 Å². The van der Waals surface area contributed by atoms with Crippen LogP contribution in [0.1, 0.15) is 15.6 Å². The van der Waals surface area contributed by atoms with Gasteiger partial charge in [-0.15, -0.1) is 21.5 Å². The smallest absolute Gasteiger partial charge is 0.160 e. The minimum Gasteiger partial charge on any atom is -0.305 e. The van der Waals surface area contributed by atoms with Crippen LogP contribution in [0.2, 0.25) is 0 Å². The Morgan fingerprint density at radius 2 is 2.16 bits per heavy atom. The quantitative estimate of drug-likeness (QED) is 0.786. The molecule has 0 aliphatic heterocycles. The van der Waals surface area contributed by atoms with E-state index < -0.39 is 0 Å². The van der Waals surface area contributed by atoms with Gasteiger partial charge in [0.05, 0.1) is 6.54 Å². The largest absolute Gasteiger partial charge is 0.305 e. The van der Waals surface area contributed by atoms with Gasteiger partial charge in [0.1, 0.15) is 10.9 Å². The fourth-order valence-electron chi connectivity index (χ4n) is 1.84. The number of hydrogen-bond donors (Lipinski definition) is 1. The predicted molar refractivity (Wildman–Crippen MR) is 72.6 cm³/mol. The molecule has 6 heteroatoms. The molecule has 3 aromatic rings. The third-order valence-corrected chi connectivity index (χ3v) is 3.73. The molecule has 3 heterocycles. The van der Waals surface area contributed by atoms with Gasteiger partial charge in [0.2, 0.25) is 0 Å². The molecule has 0 atom stereocenters. The third kappa shape index (κ3) is 2.47. The number of rotatable bonds is 4. The number of hydrogen-bond acceptors (Lipinski definition) is 5. The summed E-state index contributed by atoms with van der Waals surface area (Å²) in [6.07, 6.45) is 1.95. The van der Waals surface area contributed by atoms with Gasteiger partial charge in [-0.1, -0.05) is 6.07 Å². The van der Waals surface area contributed by atoms with Crippen LogP contribution in [0, 0.1) is 11.3 Å². The van der Waals surface area contributed by atoms with E-state index in [-0.39, 0.29) is 0 Å². The molecule has 0 fully saturated rings. The highest BCUT2D eigenvalue weighted by atomic mass is 32.1. The molecule has 19 heavy (non-hydrogen) atoms. The summed E-state index contributed by atoms with van der Waals surface area (Å²) < 4.78 is 1.96. The Labute approximate surface area is 114 Å². The summed E-state index contributed by atoms with van der Waals surface area (Å²) in [4.78, 5) is 1.88. The average Bonchev–Trinajstić information content (AvgIpc) is 3.06. The molecule has 94 valence electrons. The zero-order chi connectivity index (χ0) is 13.1. The topological polar surface area (TPSA) is 66.0 Å². The number of nitrogens with one attached hydrogen (secondary N) is 1. The van der Waals surface area contributed by atoms with Crippen LogP contribution in [0.15, 0.2) is 36.5 Å². The molecule has 0 saturated carbocycles. The van der Waals surface area contributed by atoms with Crippen molar-refractivity contribution in [1.82, 2.24) is 19.9 Å². The molecule has 0 saturated heterocycles. The Balaban J connectivity index is 1.65. The second-order valence-electron chi connectivity index (χ2n) is 4.03. The molecule has 0 aliphatic rings. The van der Waals surface area contributed by atoms with Crippen molar-refractivity contribution in [3.05, 3.63) is 52.1 Å². The maximum atomic E-state index is 8.76. The van der Waals surface area contributed by atoms with Gasteiger partial charge in [0, 0.05) is 17.6 Å². The van der Waals surface area contributed by atoms with Gasteiger partial charge in [-0.05, 0) is 24.3 Å². The number of aromatic nitrogens is 3. The van der Waals surface area contributed by atoms with Crippen molar-refractivity contribution in [3.63, 3.8) is 0 Å². The highest BCUT2D eigenvalue weighted by Crippen LogP contribution is 2.14. The molecule has 3 aromatic heterocycles. The number of pyridine rings is 1. The molecule has 0 amide bonds. The minimum absolute atomic E-state index is 0.644. The van der Waals surface area contributed by atoms with Gasteiger partial charge in [-0.3, -0.25) is 4.40 Å². The number of nitrogens with zero attached hydrogens (tertiary/aromatic N) is 4. The summed E-state index contributed by atoms with van der Waals surface area (Å²) in [5.41, 5.74) is 0.849. The number of fused-ring (bicyclic) bond motifs is 1. The molecule has 0 spiro atoms. The second kappa shape index (κ2) is 5.18. The van der Waals surface area contributed by atoms with Gasteiger partial charge < -0.3 is 5.32 Å². The fraction of sp³-hybridized carbons (Fsp3) is 0.154. The lowest BCUT2D eigenvalue weighted by Gasteiger charge is -2.01. The summed E-state index contributed by atoms with van der Waals surface area (Å²) in [5, 5.41) is 20.3. The summed E-state index contributed by atoms with van der Waals surface area (Å²) in [6, 6.07) is 11.8. The van der Waals surface area contributed by atoms with Crippen molar-refractivity contribution in [2.24, 2.45) is 0 Å². The first-order valence-corrected chi connectivity index (χ1v) is 6.66. The average molecular weight is 269 g/mol. The van der Waals surface area contributed by atoms with Gasteiger partial charge in [0.15, 0.2) is 11.5 Å². The van der Waals surface area contributed by atoms with Gasteiger partial charge in [-0.2, -0.15) is 5.26 Å². The third-order valence-electron chi connectivity index (χ3n) is 2.74. The second-order valence-corrected chi connectivity index (χ2v) is 5.19. The first kappa shape index (κ1) is 11.8. The molecule has 1 N–H and O–H groups in total. The molecule has 0 aliphatic carbocycles. The lowest BCUT2D eigenvalue weighted by Crippen LogP contribution is -2.14. The van der Waals surface area contributed by atoms with Crippen LogP contribution < -0.4 is 5.32 Å². The van der Waals surface area contributed by atoms with Crippen LogP contribution in [-0.2, 0) is 13.1 Å². The lowest BCUT2D eigenvalue weighted by molar-refractivity contribution is 0.662. The fourth-order valence-corrected chi connectivity index (χ4v) is 2.62. The monoisotopic (exact) mass is 269 g/mol. The minimum atomic E-state index is 0.644. The Bertz CT molecular complexity index is 737. The SMILES string of the molecule is N#Cc1ccc(CNCc2nnc3ccccn23)s1. The van der Waals surface area contributed by atoms with Crippen molar-refractivity contribution in [2.45, 2.75) is 13.1 Å². The highest BCUT2D eigenvalue weighted by molar-refractivity contribution is 7.12. The molecular formula is C13H11N5S. The van der Waals surface area contributed by atoms with E-state index in [1.807, 2.05) is 40.9 Å². The van der Waals surface area contributed by atoms with Crippen molar-refractivity contribution in [1.29, 1.82) is 5.26 Å². The van der Waals surface area contributed by atoms with E-state index in [2.05, 4.69) is 21.6 Å². The molecule has 3 rings (SSSR count). The van der Waals surface area contributed by atoms with Crippen molar-refractivity contribution >= 4 is 17.0 Å². The maximum absolute atomic E-state index is 8.76. The number of thiophene rings is 1.